The molecular weight excluding hydrogens is 421 g/mol. The molecule has 2 aliphatic heterocycles. The van der Waals surface area contributed by atoms with Crippen molar-refractivity contribution in [2.45, 2.75) is 38.5 Å². The Bertz CT molecular complexity index is 979. The largest absolute Gasteiger partial charge is 0.463 e. The Morgan fingerprint density at radius 3 is 2.73 bits per heavy atom. The number of hydrogen-bond donors (Lipinski definition) is 2. The average Bonchev–Trinajstić information content (AvgIpc) is 3.32. The Labute approximate surface area is 194 Å². The van der Waals surface area contributed by atoms with Gasteiger partial charge in [-0.15, -0.1) is 0 Å². The summed E-state index contributed by atoms with van der Waals surface area (Å²) in [6.45, 7) is 3.79. The van der Waals surface area contributed by atoms with E-state index in [4.69, 9.17) is 14.7 Å². The van der Waals surface area contributed by atoms with Crippen LogP contribution in [0.3, 0.4) is 0 Å². The van der Waals surface area contributed by atoms with Crippen molar-refractivity contribution in [1.82, 2.24) is 19.9 Å². The average molecular weight is 454 g/mol. The first kappa shape index (κ1) is 21.7. The van der Waals surface area contributed by atoms with Gasteiger partial charge in [0.1, 0.15) is 5.75 Å². The summed E-state index contributed by atoms with van der Waals surface area (Å²) in [6.07, 6.45) is 9.88. The van der Waals surface area contributed by atoms with E-state index in [0.717, 1.165) is 44.8 Å². The van der Waals surface area contributed by atoms with Gasteiger partial charge in [0.05, 0.1) is 6.54 Å². The van der Waals surface area contributed by atoms with E-state index in [0.29, 0.717) is 29.5 Å². The van der Waals surface area contributed by atoms with Gasteiger partial charge in [-0.2, -0.15) is 15.0 Å². The van der Waals surface area contributed by atoms with E-state index < -0.39 is 6.86 Å². The Morgan fingerprint density at radius 1 is 1.00 bits per heavy atom. The van der Waals surface area contributed by atoms with Crippen LogP contribution in [0.2, 0.25) is 0 Å². The highest BCUT2D eigenvalue weighted by Gasteiger charge is 2.26. The van der Waals surface area contributed by atoms with Crippen molar-refractivity contribution in [3.05, 3.63) is 36.0 Å². The van der Waals surface area contributed by atoms with Crippen molar-refractivity contribution in [2.24, 2.45) is 5.92 Å². The van der Waals surface area contributed by atoms with Gasteiger partial charge in [0.2, 0.25) is 24.7 Å². The lowest BCUT2D eigenvalue weighted by Gasteiger charge is -2.35. The lowest BCUT2D eigenvalue weighted by molar-refractivity contribution is 0.192. The van der Waals surface area contributed by atoms with E-state index in [2.05, 4.69) is 31.5 Å². The summed E-state index contributed by atoms with van der Waals surface area (Å²) in [5, 5.41) is 6.72. The molecular formula is C24H32FN7O. The summed E-state index contributed by atoms with van der Waals surface area (Å²) in [5.41, 5.74) is 2.09. The Morgan fingerprint density at radius 2 is 1.85 bits per heavy atom. The second-order valence-electron chi connectivity index (χ2n) is 8.97. The van der Waals surface area contributed by atoms with Gasteiger partial charge in [0.15, 0.2) is 0 Å². The van der Waals surface area contributed by atoms with Crippen LogP contribution in [0.1, 0.15) is 38.5 Å². The third-order valence-electron chi connectivity index (χ3n) is 6.67. The predicted octanol–water partition coefficient (Wildman–Crippen LogP) is 4.32. The third-order valence-corrected chi connectivity index (χ3v) is 6.67. The van der Waals surface area contributed by atoms with Gasteiger partial charge < -0.3 is 25.2 Å². The van der Waals surface area contributed by atoms with Gasteiger partial charge >= 0.3 is 0 Å². The number of nitrogens with zero attached hydrogens (tertiary/aromatic N) is 5. The molecule has 33 heavy (non-hydrogen) atoms. The summed E-state index contributed by atoms with van der Waals surface area (Å²) in [4.78, 5) is 18.8. The molecule has 2 fully saturated rings. The Hall–Kier alpha value is -3.10. The molecule has 0 atom stereocenters. The molecule has 1 saturated carbocycles. The first-order chi connectivity index (χ1) is 16.3. The summed E-state index contributed by atoms with van der Waals surface area (Å²) in [6, 6.07) is 7.14. The Balaban J connectivity index is 1.36. The highest BCUT2D eigenvalue weighted by Crippen LogP contribution is 2.27. The van der Waals surface area contributed by atoms with Crippen LogP contribution >= 0.6 is 0 Å². The van der Waals surface area contributed by atoms with Crippen molar-refractivity contribution in [1.29, 1.82) is 0 Å². The van der Waals surface area contributed by atoms with Gasteiger partial charge in [-0.3, -0.25) is 0 Å². The maximum absolute atomic E-state index is 12.6. The van der Waals surface area contributed by atoms with Crippen LogP contribution in [0.25, 0.3) is 0 Å². The van der Waals surface area contributed by atoms with Crippen LogP contribution in [0.15, 0.2) is 36.0 Å². The molecule has 176 valence electrons. The first-order valence-electron chi connectivity index (χ1n) is 12.0. The molecule has 0 spiro atoms. The molecule has 0 unspecified atom stereocenters. The van der Waals surface area contributed by atoms with E-state index in [9.17, 15) is 4.39 Å². The minimum Gasteiger partial charge on any atom is -0.463 e. The lowest BCUT2D eigenvalue weighted by atomic mass is 9.89. The predicted molar refractivity (Wildman–Crippen MR) is 128 cm³/mol. The van der Waals surface area contributed by atoms with Crippen molar-refractivity contribution in [2.75, 3.05) is 55.1 Å². The van der Waals surface area contributed by atoms with Crippen molar-refractivity contribution in [3.63, 3.8) is 0 Å². The summed E-state index contributed by atoms with van der Waals surface area (Å²) in [7, 11) is 0. The maximum Gasteiger partial charge on any atom is 0.233 e. The van der Waals surface area contributed by atoms with E-state index in [1.807, 2.05) is 12.1 Å². The number of anilines is 4. The molecule has 1 aromatic heterocycles. The SMILES string of the molecule is FCOc1cccc(Nc2nc(NCC3CCCCC3)nc(N3CCN4CCC=C4C3)n2)c1. The zero-order valence-corrected chi connectivity index (χ0v) is 19.0. The normalized spacial score (nSPS) is 18.6. The molecule has 2 aromatic rings. The number of hydrogen-bond acceptors (Lipinski definition) is 8. The number of rotatable bonds is 8. The third kappa shape index (κ3) is 5.46. The molecule has 1 aliphatic carbocycles. The fourth-order valence-electron chi connectivity index (χ4n) is 4.89. The minimum atomic E-state index is -0.865. The zero-order chi connectivity index (χ0) is 22.5. The molecule has 0 radical (unpaired) electrons. The highest BCUT2D eigenvalue weighted by molar-refractivity contribution is 5.58. The van der Waals surface area contributed by atoms with Gasteiger partial charge in [-0.1, -0.05) is 31.4 Å². The van der Waals surface area contributed by atoms with Gasteiger partial charge in [0, 0.05) is 43.6 Å². The van der Waals surface area contributed by atoms with E-state index in [1.165, 1.54) is 37.8 Å². The molecule has 5 rings (SSSR count). The monoisotopic (exact) mass is 453 g/mol. The van der Waals surface area contributed by atoms with Gasteiger partial charge in [-0.05, 0) is 37.3 Å². The molecule has 8 nitrogen and oxygen atoms in total. The molecule has 3 aliphatic rings. The van der Waals surface area contributed by atoms with Crippen LogP contribution in [-0.2, 0) is 0 Å². The zero-order valence-electron chi connectivity index (χ0n) is 19.0. The van der Waals surface area contributed by atoms with Crippen LogP contribution in [-0.4, -0.2) is 59.4 Å². The molecule has 0 amide bonds. The lowest BCUT2D eigenvalue weighted by Crippen LogP contribution is -2.44. The molecule has 0 bridgehead atoms. The quantitative estimate of drug-likeness (QED) is 0.612. The van der Waals surface area contributed by atoms with Gasteiger partial charge in [0.25, 0.3) is 0 Å². The molecule has 9 heteroatoms. The molecule has 2 N–H and O–H groups in total. The molecule has 1 saturated heterocycles. The number of nitrogens with one attached hydrogen (secondary N) is 2. The fraction of sp³-hybridized carbons (Fsp3) is 0.542. The number of benzene rings is 1. The second-order valence-corrected chi connectivity index (χ2v) is 8.97. The smallest absolute Gasteiger partial charge is 0.233 e. The fourth-order valence-corrected chi connectivity index (χ4v) is 4.89. The number of aromatic nitrogens is 3. The summed E-state index contributed by atoms with van der Waals surface area (Å²) >= 11 is 0. The number of fused-ring (bicyclic) bond motifs is 1. The summed E-state index contributed by atoms with van der Waals surface area (Å²) < 4.78 is 17.6. The highest BCUT2D eigenvalue weighted by atomic mass is 19.1. The topological polar surface area (TPSA) is 78.4 Å². The standard InChI is InChI=1S/C24H32FN7O/c25-17-33-21-10-4-8-19(14-21)27-23-28-22(26-15-18-6-2-1-3-7-18)29-24(30-23)32-13-12-31-11-5-9-20(31)16-32/h4,8-10,14,18H,1-3,5-7,11-13,15-17H2,(H2,26,27,28,29,30). The maximum atomic E-state index is 12.6. The molecule has 1 aromatic carbocycles. The molecule has 3 heterocycles. The number of ether oxygens (including phenoxy) is 1. The van der Waals surface area contributed by atoms with Crippen molar-refractivity contribution < 1.29 is 9.13 Å². The van der Waals surface area contributed by atoms with Gasteiger partial charge in [-0.25, -0.2) is 4.39 Å². The minimum absolute atomic E-state index is 0.455. The second kappa shape index (κ2) is 10.2. The van der Waals surface area contributed by atoms with Crippen LogP contribution < -0.4 is 20.3 Å². The van der Waals surface area contributed by atoms with Crippen molar-refractivity contribution in [3.8, 4) is 5.75 Å². The van der Waals surface area contributed by atoms with Crippen LogP contribution in [0.5, 0.6) is 5.75 Å². The van der Waals surface area contributed by atoms with E-state index in [1.54, 1.807) is 12.1 Å². The summed E-state index contributed by atoms with van der Waals surface area (Å²) in [5.74, 6) is 2.84. The van der Waals surface area contributed by atoms with Crippen molar-refractivity contribution >= 4 is 23.5 Å². The number of piperazine rings is 1. The number of alkyl halides is 1. The van der Waals surface area contributed by atoms with Crippen LogP contribution in [0.4, 0.5) is 27.9 Å². The van der Waals surface area contributed by atoms with Crippen LogP contribution in [0, 0.1) is 5.92 Å². The first-order valence-corrected chi connectivity index (χ1v) is 12.0. The van der Waals surface area contributed by atoms with E-state index >= 15 is 0 Å². The van der Waals surface area contributed by atoms with E-state index in [-0.39, 0.29) is 0 Å². The number of halogens is 1. The Kier molecular flexibility index (Phi) is 6.73.